The summed E-state index contributed by atoms with van der Waals surface area (Å²) in [6, 6.07) is 5.71. The van der Waals surface area contributed by atoms with E-state index in [9.17, 15) is 4.79 Å². The number of benzene rings is 1. The molecule has 0 spiro atoms. The van der Waals surface area contributed by atoms with E-state index in [-0.39, 0.29) is 12.0 Å². The molecule has 1 amide bonds. The highest BCUT2D eigenvalue weighted by molar-refractivity contribution is 9.10. The molecule has 1 aliphatic rings. The molecule has 3 nitrogen and oxygen atoms in total. The molecule has 0 N–H and O–H groups in total. The monoisotopic (exact) mass is 331 g/mol. The molecule has 18 heavy (non-hydrogen) atoms. The molecule has 0 aromatic heterocycles. The summed E-state index contributed by atoms with van der Waals surface area (Å²) in [5.41, 5.74) is 1.76. The fourth-order valence-electron chi connectivity index (χ4n) is 1.98. The first-order valence-electron chi connectivity index (χ1n) is 5.85. The number of carbonyl (C=O) groups is 1. The number of morpholine rings is 1. The molecule has 1 heterocycles. The first-order valence-corrected chi connectivity index (χ1v) is 7.18. The Labute approximate surface area is 120 Å². The van der Waals surface area contributed by atoms with Gasteiger partial charge in [0.25, 0.3) is 5.91 Å². The average molecular weight is 333 g/mol. The summed E-state index contributed by atoms with van der Waals surface area (Å²) >= 11 is 9.26. The minimum absolute atomic E-state index is 0.0315. The van der Waals surface area contributed by atoms with Crippen LogP contribution >= 0.6 is 27.5 Å². The van der Waals surface area contributed by atoms with Crippen molar-refractivity contribution in [3.8, 4) is 0 Å². The molecule has 1 saturated heterocycles. The van der Waals surface area contributed by atoms with Gasteiger partial charge < -0.3 is 9.64 Å². The molecule has 2 rings (SSSR count). The van der Waals surface area contributed by atoms with E-state index in [1.807, 2.05) is 25.1 Å². The van der Waals surface area contributed by atoms with Gasteiger partial charge in [0.05, 0.1) is 24.2 Å². The molecule has 1 unspecified atom stereocenters. The van der Waals surface area contributed by atoms with Crippen molar-refractivity contribution in [1.29, 1.82) is 0 Å². The van der Waals surface area contributed by atoms with Crippen LogP contribution in [0.2, 0.25) is 0 Å². The average Bonchev–Trinajstić information content (AvgIpc) is 2.41. The summed E-state index contributed by atoms with van der Waals surface area (Å²) in [5, 5.41) is 0. The van der Waals surface area contributed by atoms with Crippen molar-refractivity contribution in [2.24, 2.45) is 0 Å². The van der Waals surface area contributed by atoms with Crippen LogP contribution in [0.4, 0.5) is 0 Å². The van der Waals surface area contributed by atoms with Crippen molar-refractivity contribution < 1.29 is 9.53 Å². The summed E-state index contributed by atoms with van der Waals surface area (Å²) in [6.45, 7) is 3.70. The number of halogens is 2. The number of alkyl halides is 1. The number of hydrogen-bond donors (Lipinski definition) is 0. The van der Waals surface area contributed by atoms with Crippen LogP contribution in [0.25, 0.3) is 0 Å². The predicted octanol–water partition coefficient (Wildman–Crippen LogP) is 2.84. The number of hydrogen-bond acceptors (Lipinski definition) is 2. The van der Waals surface area contributed by atoms with Crippen LogP contribution in [-0.4, -0.2) is 42.5 Å². The summed E-state index contributed by atoms with van der Waals surface area (Å²) in [6.07, 6.45) is -0.0621. The van der Waals surface area contributed by atoms with Gasteiger partial charge >= 0.3 is 0 Å². The van der Waals surface area contributed by atoms with Gasteiger partial charge in [-0.2, -0.15) is 0 Å². The Morgan fingerprint density at radius 3 is 3.11 bits per heavy atom. The van der Waals surface area contributed by atoms with Crippen molar-refractivity contribution in [2.75, 3.05) is 25.6 Å². The number of amides is 1. The van der Waals surface area contributed by atoms with Crippen LogP contribution in [0.3, 0.4) is 0 Å². The van der Waals surface area contributed by atoms with E-state index >= 15 is 0 Å². The van der Waals surface area contributed by atoms with Gasteiger partial charge in [-0.25, -0.2) is 0 Å². The Morgan fingerprint density at radius 2 is 2.39 bits per heavy atom. The SMILES string of the molecule is Cc1cccc(C(=O)N2CCOC(CCl)C2)c1Br. The molecular weight excluding hydrogens is 318 g/mol. The quantitative estimate of drug-likeness (QED) is 0.780. The highest BCUT2D eigenvalue weighted by Gasteiger charge is 2.25. The maximum absolute atomic E-state index is 12.4. The highest BCUT2D eigenvalue weighted by Crippen LogP contribution is 2.23. The van der Waals surface area contributed by atoms with E-state index in [0.717, 1.165) is 10.0 Å². The van der Waals surface area contributed by atoms with Crippen molar-refractivity contribution >= 4 is 33.4 Å². The number of carbonyl (C=O) groups excluding carboxylic acids is 1. The van der Waals surface area contributed by atoms with E-state index in [1.54, 1.807) is 4.90 Å². The Balaban J connectivity index is 2.18. The number of ether oxygens (including phenoxy) is 1. The fourth-order valence-corrected chi connectivity index (χ4v) is 2.60. The molecule has 1 aromatic rings. The molecule has 0 aliphatic carbocycles. The summed E-state index contributed by atoms with van der Waals surface area (Å²) < 4.78 is 6.32. The highest BCUT2D eigenvalue weighted by atomic mass is 79.9. The first-order chi connectivity index (χ1) is 8.63. The predicted molar refractivity (Wildman–Crippen MR) is 75.2 cm³/mol. The van der Waals surface area contributed by atoms with Gasteiger partial charge in [0.1, 0.15) is 0 Å². The van der Waals surface area contributed by atoms with Gasteiger partial charge in [-0.15, -0.1) is 11.6 Å². The van der Waals surface area contributed by atoms with Crippen LogP contribution in [0.1, 0.15) is 15.9 Å². The Morgan fingerprint density at radius 1 is 1.61 bits per heavy atom. The second-order valence-corrected chi connectivity index (χ2v) is 5.44. The zero-order valence-corrected chi connectivity index (χ0v) is 12.5. The molecule has 5 heteroatoms. The zero-order valence-electron chi connectivity index (χ0n) is 10.2. The first kappa shape index (κ1) is 13.8. The summed E-state index contributed by atoms with van der Waals surface area (Å²) in [7, 11) is 0. The molecule has 0 saturated carbocycles. The van der Waals surface area contributed by atoms with Gasteiger partial charge in [0.2, 0.25) is 0 Å². The number of nitrogens with zero attached hydrogens (tertiary/aromatic N) is 1. The van der Waals surface area contributed by atoms with E-state index in [2.05, 4.69) is 15.9 Å². The Hall–Kier alpha value is -0.580. The maximum atomic E-state index is 12.4. The molecular formula is C13H15BrClNO2. The third kappa shape index (κ3) is 2.87. The maximum Gasteiger partial charge on any atom is 0.255 e. The minimum atomic E-state index is -0.0621. The van der Waals surface area contributed by atoms with Crippen LogP contribution < -0.4 is 0 Å². The lowest BCUT2D eigenvalue weighted by Crippen LogP contribution is -2.46. The largest absolute Gasteiger partial charge is 0.373 e. The Bertz CT molecular complexity index is 453. The molecule has 0 bridgehead atoms. The minimum Gasteiger partial charge on any atom is -0.373 e. The van der Waals surface area contributed by atoms with Crippen LogP contribution in [0.15, 0.2) is 22.7 Å². The van der Waals surface area contributed by atoms with E-state index in [1.165, 1.54) is 0 Å². The second-order valence-electron chi connectivity index (χ2n) is 4.33. The third-order valence-corrected chi connectivity index (χ3v) is 4.42. The topological polar surface area (TPSA) is 29.5 Å². The fraction of sp³-hybridized carbons (Fsp3) is 0.462. The molecule has 1 fully saturated rings. The second kappa shape index (κ2) is 6.04. The molecule has 0 radical (unpaired) electrons. The van der Waals surface area contributed by atoms with Crippen molar-refractivity contribution in [3.05, 3.63) is 33.8 Å². The third-order valence-electron chi connectivity index (χ3n) is 3.02. The van der Waals surface area contributed by atoms with E-state index in [0.29, 0.717) is 31.1 Å². The van der Waals surface area contributed by atoms with Gasteiger partial charge in [0.15, 0.2) is 0 Å². The van der Waals surface area contributed by atoms with Gasteiger partial charge in [-0.3, -0.25) is 4.79 Å². The van der Waals surface area contributed by atoms with Crippen molar-refractivity contribution in [3.63, 3.8) is 0 Å². The van der Waals surface area contributed by atoms with Gasteiger partial charge in [-0.1, -0.05) is 12.1 Å². The lowest BCUT2D eigenvalue weighted by molar-refractivity contribution is -0.0108. The molecule has 1 aliphatic heterocycles. The van der Waals surface area contributed by atoms with Crippen molar-refractivity contribution in [1.82, 2.24) is 4.90 Å². The lowest BCUT2D eigenvalue weighted by atomic mass is 10.1. The van der Waals surface area contributed by atoms with Crippen molar-refractivity contribution in [2.45, 2.75) is 13.0 Å². The molecule has 1 aromatic carbocycles. The van der Waals surface area contributed by atoms with Gasteiger partial charge in [0, 0.05) is 17.6 Å². The standard InChI is InChI=1S/C13H15BrClNO2/c1-9-3-2-4-11(12(9)14)13(17)16-5-6-18-10(7-15)8-16/h2-4,10H,5-8H2,1H3. The lowest BCUT2D eigenvalue weighted by Gasteiger charge is -2.32. The van der Waals surface area contributed by atoms with Crippen LogP contribution in [0.5, 0.6) is 0 Å². The summed E-state index contributed by atoms with van der Waals surface area (Å²) in [5.74, 6) is 0.447. The van der Waals surface area contributed by atoms with E-state index < -0.39 is 0 Å². The normalized spacial score (nSPS) is 19.9. The van der Waals surface area contributed by atoms with Crippen LogP contribution in [0, 0.1) is 6.92 Å². The number of aryl methyl sites for hydroxylation is 1. The number of rotatable bonds is 2. The summed E-state index contributed by atoms with van der Waals surface area (Å²) in [4.78, 5) is 14.2. The molecule has 98 valence electrons. The van der Waals surface area contributed by atoms with E-state index in [4.69, 9.17) is 16.3 Å². The van der Waals surface area contributed by atoms with Crippen LogP contribution in [-0.2, 0) is 4.74 Å². The Kier molecular flexibility index (Phi) is 4.65. The zero-order chi connectivity index (χ0) is 13.1. The molecule has 1 atom stereocenters. The smallest absolute Gasteiger partial charge is 0.255 e. The van der Waals surface area contributed by atoms with Gasteiger partial charge in [-0.05, 0) is 34.5 Å².